The predicted octanol–water partition coefficient (Wildman–Crippen LogP) is 7.33. The van der Waals surface area contributed by atoms with Gasteiger partial charge in [0.25, 0.3) is 0 Å². The Hall–Kier alpha value is -2.48. The summed E-state index contributed by atoms with van der Waals surface area (Å²) in [5, 5.41) is 0. The van der Waals surface area contributed by atoms with Crippen LogP contribution in [0.15, 0.2) is 54.6 Å². The van der Waals surface area contributed by atoms with Gasteiger partial charge in [0.15, 0.2) is 0 Å². The number of unbranched alkanes of at least 4 members (excludes halogenated alkanes) is 3. The summed E-state index contributed by atoms with van der Waals surface area (Å²) in [6.07, 6.45) is 6.73. The number of fused-ring (bicyclic) bond motifs is 3. The minimum Gasteiger partial charge on any atom is -0.207 e. The van der Waals surface area contributed by atoms with Gasteiger partial charge in [0.05, 0.1) is 0 Å². The van der Waals surface area contributed by atoms with Crippen molar-refractivity contribution in [3.8, 4) is 22.3 Å². The number of benzene rings is 3. The van der Waals surface area contributed by atoms with E-state index < -0.39 is 0 Å². The Balaban J connectivity index is 1.61. The third-order valence-electron chi connectivity index (χ3n) is 5.54. The summed E-state index contributed by atoms with van der Waals surface area (Å²) in [5.74, 6) is -0.487. The van der Waals surface area contributed by atoms with Gasteiger partial charge in [-0.15, -0.1) is 0 Å². The fraction of sp³-hybridized carbons (Fsp3) is 0.280. The second-order valence-electron chi connectivity index (χ2n) is 7.44. The molecule has 0 bridgehead atoms. The molecule has 1 aliphatic carbocycles. The minimum absolute atomic E-state index is 0.181. The van der Waals surface area contributed by atoms with Crippen LogP contribution in [0.1, 0.15) is 49.3 Å². The van der Waals surface area contributed by atoms with Gasteiger partial charge in [0.2, 0.25) is 0 Å². The van der Waals surface area contributed by atoms with Gasteiger partial charge in [0.1, 0.15) is 11.6 Å². The van der Waals surface area contributed by atoms with Crippen LogP contribution in [0.2, 0.25) is 0 Å². The first-order valence-electron chi connectivity index (χ1n) is 9.87. The van der Waals surface area contributed by atoms with Gasteiger partial charge in [-0.2, -0.15) is 0 Å². The van der Waals surface area contributed by atoms with E-state index in [9.17, 15) is 4.39 Å². The molecule has 4 rings (SSSR count). The molecule has 0 radical (unpaired) electrons. The number of halogens is 2. The van der Waals surface area contributed by atoms with Crippen LogP contribution in [-0.2, 0) is 12.8 Å². The standard InChI is InChI=1S/C25H24F2/c1-2-3-4-5-6-17-7-12-21-19(15-17)16-24-23(21)14-13-22(25(24)27)18-8-10-20(26)11-9-18/h7-15H,2-6,16H2,1H3. The normalized spacial score (nSPS) is 12.1. The molecule has 0 saturated carbocycles. The number of rotatable bonds is 6. The summed E-state index contributed by atoms with van der Waals surface area (Å²) in [6.45, 7) is 2.22. The summed E-state index contributed by atoms with van der Waals surface area (Å²) in [7, 11) is 0. The Morgan fingerprint density at radius 3 is 2.30 bits per heavy atom. The zero-order valence-electron chi connectivity index (χ0n) is 15.7. The van der Waals surface area contributed by atoms with Crippen molar-refractivity contribution in [2.75, 3.05) is 0 Å². The highest BCUT2D eigenvalue weighted by molar-refractivity contribution is 5.81. The molecule has 0 aromatic heterocycles. The third-order valence-corrected chi connectivity index (χ3v) is 5.54. The van der Waals surface area contributed by atoms with E-state index in [2.05, 4.69) is 25.1 Å². The molecule has 3 aromatic rings. The molecule has 0 amide bonds. The fourth-order valence-electron chi connectivity index (χ4n) is 4.06. The first kappa shape index (κ1) is 17.9. The predicted molar refractivity (Wildman–Crippen MR) is 108 cm³/mol. The van der Waals surface area contributed by atoms with Gasteiger partial charge < -0.3 is 0 Å². The van der Waals surface area contributed by atoms with Crippen LogP contribution < -0.4 is 0 Å². The molecular weight excluding hydrogens is 338 g/mol. The fourth-order valence-corrected chi connectivity index (χ4v) is 4.06. The zero-order valence-corrected chi connectivity index (χ0v) is 15.7. The molecule has 0 heterocycles. The smallest absolute Gasteiger partial charge is 0.135 e. The average molecular weight is 362 g/mol. The van der Waals surface area contributed by atoms with Gasteiger partial charge in [-0.25, -0.2) is 8.78 Å². The van der Waals surface area contributed by atoms with E-state index >= 15 is 4.39 Å². The first-order chi connectivity index (χ1) is 13.2. The van der Waals surface area contributed by atoms with Gasteiger partial charge in [-0.1, -0.05) is 68.7 Å². The summed E-state index contributed by atoms with van der Waals surface area (Å²) < 4.78 is 28.4. The summed E-state index contributed by atoms with van der Waals surface area (Å²) in [5.41, 5.74) is 6.71. The number of hydrogen-bond acceptors (Lipinski definition) is 0. The Morgan fingerprint density at radius 1 is 0.778 bits per heavy atom. The van der Waals surface area contributed by atoms with Crippen LogP contribution in [0.25, 0.3) is 22.3 Å². The van der Waals surface area contributed by atoms with Crippen molar-refractivity contribution in [2.24, 2.45) is 0 Å². The zero-order chi connectivity index (χ0) is 18.8. The lowest BCUT2D eigenvalue weighted by Gasteiger charge is -2.08. The van der Waals surface area contributed by atoms with Crippen molar-refractivity contribution < 1.29 is 8.78 Å². The Labute approximate surface area is 159 Å². The van der Waals surface area contributed by atoms with E-state index in [1.54, 1.807) is 12.1 Å². The summed E-state index contributed by atoms with van der Waals surface area (Å²) in [4.78, 5) is 0. The molecule has 138 valence electrons. The second-order valence-corrected chi connectivity index (χ2v) is 7.44. The largest absolute Gasteiger partial charge is 0.207 e. The monoisotopic (exact) mass is 362 g/mol. The van der Waals surface area contributed by atoms with Crippen LogP contribution in [0.5, 0.6) is 0 Å². The molecule has 0 fully saturated rings. The van der Waals surface area contributed by atoms with Gasteiger partial charge in [0, 0.05) is 17.5 Å². The maximum absolute atomic E-state index is 15.2. The van der Waals surface area contributed by atoms with Gasteiger partial charge >= 0.3 is 0 Å². The average Bonchev–Trinajstić information content (AvgIpc) is 3.05. The highest BCUT2D eigenvalue weighted by Crippen LogP contribution is 2.41. The van der Waals surface area contributed by atoms with Crippen molar-refractivity contribution in [2.45, 2.75) is 45.4 Å². The molecule has 1 aliphatic rings. The first-order valence-corrected chi connectivity index (χ1v) is 9.87. The van der Waals surface area contributed by atoms with E-state index in [1.165, 1.54) is 48.9 Å². The summed E-state index contributed by atoms with van der Waals surface area (Å²) >= 11 is 0. The van der Waals surface area contributed by atoms with Crippen LogP contribution in [-0.4, -0.2) is 0 Å². The van der Waals surface area contributed by atoms with E-state index in [1.807, 2.05) is 12.1 Å². The molecule has 0 saturated heterocycles. The quantitative estimate of drug-likeness (QED) is 0.315. The van der Waals surface area contributed by atoms with E-state index in [-0.39, 0.29) is 11.6 Å². The number of aryl methyl sites for hydroxylation is 1. The van der Waals surface area contributed by atoms with Crippen LogP contribution in [0, 0.1) is 11.6 Å². The Bertz CT molecular complexity index is 955. The molecule has 0 aliphatic heterocycles. The summed E-state index contributed by atoms with van der Waals surface area (Å²) in [6, 6.07) is 16.4. The lowest BCUT2D eigenvalue weighted by Crippen LogP contribution is -1.92. The molecular formula is C25H24F2. The highest BCUT2D eigenvalue weighted by atomic mass is 19.1. The number of hydrogen-bond donors (Lipinski definition) is 0. The van der Waals surface area contributed by atoms with Crippen LogP contribution in [0.4, 0.5) is 8.78 Å². The Kier molecular flexibility index (Phi) is 5.07. The van der Waals surface area contributed by atoms with Gasteiger partial charge in [-0.3, -0.25) is 0 Å². The van der Waals surface area contributed by atoms with Crippen molar-refractivity contribution in [1.29, 1.82) is 0 Å². The SMILES string of the molecule is CCCCCCc1ccc2c(c1)Cc1c-2ccc(-c2ccc(F)cc2)c1F. The Morgan fingerprint density at radius 2 is 1.52 bits per heavy atom. The van der Waals surface area contributed by atoms with E-state index in [0.717, 1.165) is 23.1 Å². The molecule has 0 atom stereocenters. The molecule has 3 aromatic carbocycles. The van der Waals surface area contributed by atoms with Crippen molar-refractivity contribution in [1.82, 2.24) is 0 Å². The molecule has 2 heteroatoms. The van der Waals surface area contributed by atoms with Crippen molar-refractivity contribution in [3.05, 3.63) is 82.9 Å². The molecule has 0 N–H and O–H groups in total. The topological polar surface area (TPSA) is 0 Å². The van der Waals surface area contributed by atoms with Crippen molar-refractivity contribution in [3.63, 3.8) is 0 Å². The van der Waals surface area contributed by atoms with Gasteiger partial charge in [-0.05, 0) is 52.8 Å². The molecule has 27 heavy (non-hydrogen) atoms. The third kappa shape index (κ3) is 3.53. The van der Waals surface area contributed by atoms with E-state index in [0.29, 0.717) is 17.5 Å². The lowest BCUT2D eigenvalue weighted by atomic mass is 9.98. The lowest BCUT2D eigenvalue weighted by molar-refractivity contribution is 0.618. The maximum Gasteiger partial charge on any atom is 0.135 e. The van der Waals surface area contributed by atoms with Crippen LogP contribution in [0.3, 0.4) is 0 Å². The second kappa shape index (κ2) is 7.64. The van der Waals surface area contributed by atoms with Crippen LogP contribution >= 0.6 is 0 Å². The van der Waals surface area contributed by atoms with E-state index in [4.69, 9.17) is 0 Å². The maximum atomic E-state index is 15.2. The molecule has 0 spiro atoms. The highest BCUT2D eigenvalue weighted by Gasteiger charge is 2.24. The van der Waals surface area contributed by atoms with Crippen molar-refractivity contribution >= 4 is 0 Å². The molecule has 0 nitrogen and oxygen atoms in total. The molecule has 0 unspecified atom stereocenters. The minimum atomic E-state index is -0.306.